The van der Waals surface area contributed by atoms with Gasteiger partial charge in [0.25, 0.3) is 0 Å². The first kappa shape index (κ1) is 12.4. The second-order valence-corrected chi connectivity index (χ2v) is 6.32. The van der Waals surface area contributed by atoms with Crippen LogP contribution in [0.5, 0.6) is 0 Å². The molecule has 3 nitrogen and oxygen atoms in total. The maximum Gasteiger partial charge on any atom is 0.0692 e. The molecule has 1 heterocycles. The van der Waals surface area contributed by atoms with Gasteiger partial charge in [-0.05, 0) is 49.7 Å². The number of nitrogens with one attached hydrogen (secondary N) is 2. The lowest BCUT2D eigenvalue weighted by molar-refractivity contribution is 0.143. The largest absolute Gasteiger partial charge is 0.392 e. The number of hydrogen-bond donors (Lipinski definition) is 3. The second kappa shape index (κ2) is 4.90. The molecule has 4 rings (SSSR count). The van der Waals surface area contributed by atoms with Crippen molar-refractivity contribution in [2.45, 2.75) is 44.2 Å². The van der Waals surface area contributed by atoms with E-state index >= 15 is 0 Å². The van der Waals surface area contributed by atoms with E-state index in [-0.39, 0.29) is 6.10 Å². The van der Waals surface area contributed by atoms with Gasteiger partial charge in [0, 0.05) is 29.2 Å². The number of aliphatic hydroxyl groups excluding tert-OH is 1. The van der Waals surface area contributed by atoms with E-state index in [0.717, 1.165) is 13.0 Å². The van der Waals surface area contributed by atoms with Crippen LogP contribution in [0.4, 0.5) is 0 Å². The Hall–Kier alpha value is -1.32. The molecule has 106 valence electrons. The molecule has 2 aromatic rings. The van der Waals surface area contributed by atoms with Crippen LogP contribution in [0.15, 0.2) is 24.3 Å². The quantitative estimate of drug-likeness (QED) is 0.800. The van der Waals surface area contributed by atoms with E-state index < -0.39 is 0 Å². The molecule has 1 aromatic carbocycles. The molecular formula is C17H22N2O. The summed E-state index contributed by atoms with van der Waals surface area (Å²) >= 11 is 0. The Morgan fingerprint density at radius 1 is 1.25 bits per heavy atom. The molecular weight excluding hydrogens is 248 g/mol. The maximum absolute atomic E-state index is 10.0. The van der Waals surface area contributed by atoms with Crippen LogP contribution in [0.3, 0.4) is 0 Å². The fourth-order valence-corrected chi connectivity index (χ4v) is 3.53. The smallest absolute Gasteiger partial charge is 0.0692 e. The SMILES string of the molecule is OC(CNC1CCCc2c1[nH]c1ccccc21)C1CC1. The Kier molecular flexibility index (Phi) is 3.04. The molecule has 0 aliphatic heterocycles. The molecule has 0 saturated heterocycles. The zero-order chi connectivity index (χ0) is 13.5. The third-order valence-electron chi connectivity index (χ3n) is 4.85. The molecule has 0 radical (unpaired) electrons. The number of aromatic nitrogens is 1. The third-order valence-corrected chi connectivity index (χ3v) is 4.85. The van der Waals surface area contributed by atoms with E-state index in [9.17, 15) is 5.11 Å². The molecule has 0 bridgehead atoms. The molecule has 2 unspecified atom stereocenters. The summed E-state index contributed by atoms with van der Waals surface area (Å²) in [5.41, 5.74) is 4.07. The summed E-state index contributed by atoms with van der Waals surface area (Å²) in [4.78, 5) is 3.59. The van der Waals surface area contributed by atoms with Crippen LogP contribution in [0.25, 0.3) is 10.9 Å². The number of para-hydroxylation sites is 1. The molecule has 3 heteroatoms. The van der Waals surface area contributed by atoms with Crippen LogP contribution in [-0.2, 0) is 6.42 Å². The summed E-state index contributed by atoms with van der Waals surface area (Å²) in [5, 5.41) is 15.0. The highest BCUT2D eigenvalue weighted by atomic mass is 16.3. The highest BCUT2D eigenvalue weighted by molar-refractivity contribution is 5.85. The van der Waals surface area contributed by atoms with Gasteiger partial charge in [-0.1, -0.05) is 18.2 Å². The number of aryl methyl sites for hydroxylation is 1. The van der Waals surface area contributed by atoms with Gasteiger partial charge in [-0.3, -0.25) is 0 Å². The standard InChI is InChI=1S/C17H22N2O/c20-16(11-8-9-11)10-18-15-7-3-5-13-12-4-1-2-6-14(12)19-17(13)15/h1-2,4,6,11,15-16,18-20H,3,5,7-10H2. The van der Waals surface area contributed by atoms with Gasteiger partial charge in [-0.15, -0.1) is 0 Å². The average molecular weight is 270 g/mol. The minimum absolute atomic E-state index is 0.162. The van der Waals surface area contributed by atoms with Crippen LogP contribution in [0, 0.1) is 5.92 Å². The average Bonchev–Trinajstić information content (AvgIpc) is 3.26. The molecule has 1 saturated carbocycles. The Bertz CT molecular complexity index is 614. The van der Waals surface area contributed by atoms with Crippen molar-refractivity contribution in [3.05, 3.63) is 35.5 Å². The Labute approximate surface area is 119 Å². The van der Waals surface area contributed by atoms with Crippen molar-refractivity contribution in [1.29, 1.82) is 0 Å². The number of H-pyrrole nitrogens is 1. The van der Waals surface area contributed by atoms with Gasteiger partial charge in [0.1, 0.15) is 0 Å². The Morgan fingerprint density at radius 2 is 2.10 bits per heavy atom. The minimum Gasteiger partial charge on any atom is -0.392 e. The first-order chi connectivity index (χ1) is 9.83. The zero-order valence-electron chi connectivity index (χ0n) is 11.7. The number of aliphatic hydroxyl groups is 1. The van der Waals surface area contributed by atoms with E-state index in [4.69, 9.17) is 0 Å². The fraction of sp³-hybridized carbons (Fsp3) is 0.529. The number of hydrogen-bond acceptors (Lipinski definition) is 2. The van der Waals surface area contributed by atoms with Crippen molar-refractivity contribution in [2.24, 2.45) is 5.92 Å². The maximum atomic E-state index is 10.0. The number of rotatable bonds is 4. The molecule has 3 N–H and O–H groups in total. The summed E-state index contributed by atoms with van der Waals surface area (Å²) < 4.78 is 0. The van der Waals surface area contributed by atoms with Crippen LogP contribution in [-0.4, -0.2) is 22.7 Å². The summed E-state index contributed by atoms with van der Waals surface area (Å²) in [5.74, 6) is 0.549. The van der Waals surface area contributed by atoms with Crippen molar-refractivity contribution in [3.8, 4) is 0 Å². The van der Waals surface area contributed by atoms with E-state index in [2.05, 4.69) is 34.6 Å². The normalized spacial score (nSPS) is 23.8. The van der Waals surface area contributed by atoms with Gasteiger partial charge >= 0.3 is 0 Å². The van der Waals surface area contributed by atoms with Crippen LogP contribution < -0.4 is 5.32 Å². The highest BCUT2D eigenvalue weighted by Crippen LogP contribution is 2.36. The van der Waals surface area contributed by atoms with Gasteiger partial charge in [-0.2, -0.15) is 0 Å². The lowest BCUT2D eigenvalue weighted by Crippen LogP contribution is -2.33. The molecule has 1 fully saturated rings. The Balaban J connectivity index is 1.57. The fourth-order valence-electron chi connectivity index (χ4n) is 3.53. The van der Waals surface area contributed by atoms with Crippen LogP contribution in [0.2, 0.25) is 0 Å². The molecule has 2 aliphatic rings. The molecule has 2 atom stereocenters. The Morgan fingerprint density at radius 3 is 2.95 bits per heavy atom. The summed E-state index contributed by atoms with van der Waals surface area (Å²) in [7, 11) is 0. The summed E-state index contributed by atoms with van der Waals surface area (Å²) in [6.07, 6.45) is 5.80. The number of fused-ring (bicyclic) bond motifs is 3. The van der Waals surface area contributed by atoms with E-state index in [1.165, 1.54) is 47.8 Å². The topological polar surface area (TPSA) is 48.0 Å². The van der Waals surface area contributed by atoms with Crippen molar-refractivity contribution >= 4 is 10.9 Å². The van der Waals surface area contributed by atoms with Crippen LogP contribution in [0.1, 0.15) is 43.0 Å². The zero-order valence-corrected chi connectivity index (χ0v) is 11.7. The molecule has 20 heavy (non-hydrogen) atoms. The van der Waals surface area contributed by atoms with Gasteiger partial charge in [0.2, 0.25) is 0 Å². The van der Waals surface area contributed by atoms with Gasteiger partial charge < -0.3 is 15.4 Å². The molecule has 2 aliphatic carbocycles. The van der Waals surface area contributed by atoms with E-state index in [0.29, 0.717) is 12.0 Å². The second-order valence-electron chi connectivity index (χ2n) is 6.32. The predicted molar refractivity (Wildman–Crippen MR) is 80.7 cm³/mol. The van der Waals surface area contributed by atoms with Crippen molar-refractivity contribution in [1.82, 2.24) is 10.3 Å². The highest BCUT2D eigenvalue weighted by Gasteiger charge is 2.31. The number of aromatic amines is 1. The van der Waals surface area contributed by atoms with Crippen LogP contribution >= 0.6 is 0 Å². The summed E-state index contributed by atoms with van der Waals surface area (Å²) in [6.45, 7) is 0.726. The predicted octanol–water partition coefficient (Wildman–Crippen LogP) is 2.91. The van der Waals surface area contributed by atoms with Crippen molar-refractivity contribution in [2.75, 3.05) is 6.54 Å². The number of benzene rings is 1. The monoisotopic (exact) mass is 270 g/mol. The molecule has 0 spiro atoms. The van der Waals surface area contributed by atoms with Crippen molar-refractivity contribution < 1.29 is 5.11 Å². The van der Waals surface area contributed by atoms with Gasteiger partial charge in [0.05, 0.1) is 6.10 Å². The van der Waals surface area contributed by atoms with Crippen molar-refractivity contribution in [3.63, 3.8) is 0 Å². The first-order valence-electron chi connectivity index (χ1n) is 7.84. The minimum atomic E-state index is -0.162. The summed E-state index contributed by atoms with van der Waals surface area (Å²) in [6, 6.07) is 8.95. The van der Waals surface area contributed by atoms with Gasteiger partial charge in [0.15, 0.2) is 0 Å². The van der Waals surface area contributed by atoms with Gasteiger partial charge in [-0.25, -0.2) is 0 Å². The third kappa shape index (κ3) is 2.15. The van der Waals surface area contributed by atoms with E-state index in [1.54, 1.807) is 0 Å². The lowest BCUT2D eigenvalue weighted by atomic mass is 9.91. The molecule has 0 amide bonds. The first-order valence-corrected chi connectivity index (χ1v) is 7.84. The van der Waals surface area contributed by atoms with E-state index in [1.807, 2.05) is 0 Å². The molecule has 1 aromatic heterocycles. The lowest BCUT2D eigenvalue weighted by Gasteiger charge is -2.25.